The quantitative estimate of drug-likeness (QED) is 0.401. The maximum Gasteiger partial charge on any atom is 0.410 e. The van der Waals surface area contributed by atoms with E-state index in [4.69, 9.17) is 15.9 Å². The third-order valence-corrected chi connectivity index (χ3v) is 5.92. The molecule has 5 N–H and O–H groups in total. The van der Waals surface area contributed by atoms with Gasteiger partial charge in [0.15, 0.2) is 0 Å². The molecule has 2 atom stereocenters. The summed E-state index contributed by atoms with van der Waals surface area (Å²) < 4.78 is 5.46. The van der Waals surface area contributed by atoms with Crippen molar-refractivity contribution < 1.29 is 14.3 Å². The van der Waals surface area contributed by atoms with Crippen molar-refractivity contribution in [3.8, 4) is 0 Å². The lowest BCUT2D eigenvalue weighted by atomic mass is 10.0. The monoisotopic (exact) mass is 430 g/mol. The Kier molecular flexibility index (Phi) is 6.33. The summed E-state index contributed by atoms with van der Waals surface area (Å²) in [5.41, 5.74) is 11.0. The van der Waals surface area contributed by atoms with E-state index >= 15 is 0 Å². The van der Waals surface area contributed by atoms with E-state index in [0.717, 1.165) is 24.1 Å². The number of hydrogen-bond acceptors (Lipinski definition) is 7. The van der Waals surface area contributed by atoms with E-state index in [1.165, 1.54) is 6.08 Å². The van der Waals surface area contributed by atoms with Gasteiger partial charge in [0.25, 0.3) is 0 Å². The summed E-state index contributed by atoms with van der Waals surface area (Å²) in [4.78, 5) is 26.7. The van der Waals surface area contributed by atoms with E-state index < -0.39 is 5.60 Å². The van der Waals surface area contributed by atoms with Crippen molar-refractivity contribution in [2.45, 2.75) is 46.1 Å². The molecule has 0 radical (unpaired) electrons. The van der Waals surface area contributed by atoms with Crippen LogP contribution in [0, 0.1) is 23.2 Å². The average Bonchev–Trinajstić information content (AvgIpc) is 3.31. The fourth-order valence-corrected chi connectivity index (χ4v) is 4.53. The molecule has 3 rings (SSSR count). The van der Waals surface area contributed by atoms with E-state index in [9.17, 15) is 9.59 Å². The molecule has 2 unspecified atom stereocenters. The zero-order chi connectivity index (χ0) is 22.9. The maximum atomic E-state index is 12.6. The van der Waals surface area contributed by atoms with Crippen LogP contribution in [0.4, 0.5) is 4.79 Å². The van der Waals surface area contributed by atoms with Crippen molar-refractivity contribution in [1.29, 1.82) is 5.41 Å². The van der Waals surface area contributed by atoms with Crippen LogP contribution in [0.25, 0.3) is 0 Å². The SMILES string of the molecule is CC1=CNN(C)C1=C(N)C=CC(=N)NC(=O)C1CC2CN(C(=O)OC(C)(C)C)CC2C1. The Balaban J connectivity index is 1.49. The first-order valence-corrected chi connectivity index (χ1v) is 10.7. The van der Waals surface area contributed by atoms with Crippen LogP contribution in [-0.2, 0) is 9.53 Å². The second-order valence-corrected chi connectivity index (χ2v) is 9.63. The minimum atomic E-state index is -0.511. The van der Waals surface area contributed by atoms with Gasteiger partial charge in [-0.25, -0.2) is 4.79 Å². The van der Waals surface area contributed by atoms with Crippen LogP contribution in [0.15, 0.2) is 35.3 Å². The number of amides is 2. The number of hydrogen-bond donors (Lipinski definition) is 4. The van der Waals surface area contributed by atoms with Crippen molar-refractivity contribution in [2.24, 2.45) is 23.5 Å². The Morgan fingerprint density at radius 2 is 1.87 bits per heavy atom. The van der Waals surface area contributed by atoms with Crippen molar-refractivity contribution in [2.75, 3.05) is 20.1 Å². The number of carbonyl (C=O) groups is 2. The molecule has 2 heterocycles. The zero-order valence-corrected chi connectivity index (χ0v) is 19.0. The highest BCUT2D eigenvalue weighted by Gasteiger charge is 2.45. The second kappa shape index (κ2) is 8.64. The highest BCUT2D eigenvalue weighted by molar-refractivity contribution is 6.03. The Bertz CT molecular complexity index is 840. The third-order valence-electron chi connectivity index (χ3n) is 5.92. The number of nitrogens with zero attached hydrogens (tertiary/aromatic N) is 2. The zero-order valence-electron chi connectivity index (χ0n) is 19.0. The lowest BCUT2D eigenvalue weighted by Crippen LogP contribution is -2.37. The number of ether oxygens (including phenoxy) is 1. The lowest BCUT2D eigenvalue weighted by Gasteiger charge is -2.25. The Labute approximate surface area is 183 Å². The van der Waals surface area contributed by atoms with Crippen molar-refractivity contribution in [1.82, 2.24) is 20.7 Å². The topological polar surface area (TPSA) is 124 Å². The van der Waals surface area contributed by atoms with E-state index in [2.05, 4.69) is 10.7 Å². The van der Waals surface area contributed by atoms with Gasteiger partial charge < -0.3 is 26.1 Å². The van der Waals surface area contributed by atoms with E-state index in [-0.39, 0.29) is 23.8 Å². The van der Waals surface area contributed by atoms with Crippen LogP contribution >= 0.6 is 0 Å². The van der Waals surface area contributed by atoms with Gasteiger partial charge in [-0.2, -0.15) is 0 Å². The molecule has 0 bridgehead atoms. The fraction of sp³-hybridized carbons (Fsp3) is 0.591. The van der Waals surface area contributed by atoms with Gasteiger partial charge in [0.2, 0.25) is 5.91 Å². The molecule has 9 nitrogen and oxygen atoms in total. The normalized spacial score (nSPS) is 27.1. The molecule has 0 spiro atoms. The highest BCUT2D eigenvalue weighted by Crippen LogP contribution is 2.42. The van der Waals surface area contributed by atoms with E-state index in [1.807, 2.05) is 40.9 Å². The molecular formula is C22H34N6O3. The minimum Gasteiger partial charge on any atom is -0.444 e. The van der Waals surface area contributed by atoms with Crippen LogP contribution in [0.5, 0.6) is 0 Å². The summed E-state index contributed by atoms with van der Waals surface area (Å²) in [5.74, 6) is 0.323. The fourth-order valence-electron chi connectivity index (χ4n) is 4.53. The molecule has 2 fully saturated rings. The first kappa shape index (κ1) is 22.7. The molecule has 1 aliphatic carbocycles. The van der Waals surface area contributed by atoms with Gasteiger partial charge in [0.05, 0.1) is 11.4 Å². The smallest absolute Gasteiger partial charge is 0.410 e. The molecule has 0 aromatic rings. The number of nitrogens with one attached hydrogen (secondary N) is 3. The highest BCUT2D eigenvalue weighted by atomic mass is 16.6. The molecule has 31 heavy (non-hydrogen) atoms. The molecule has 9 heteroatoms. The molecular weight excluding hydrogens is 396 g/mol. The lowest BCUT2D eigenvalue weighted by molar-refractivity contribution is -0.123. The number of hydrazine groups is 1. The van der Waals surface area contributed by atoms with E-state index in [1.54, 1.807) is 16.0 Å². The Hall–Kier alpha value is -2.97. The van der Waals surface area contributed by atoms with Gasteiger partial charge in [-0.1, -0.05) is 0 Å². The summed E-state index contributed by atoms with van der Waals surface area (Å²) in [7, 11) is 1.86. The Morgan fingerprint density at radius 1 is 1.26 bits per heavy atom. The summed E-state index contributed by atoms with van der Waals surface area (Å²) >= 11 is 0. The van der Waals surface area contributed by atoms with Crippen molar-refractivity contribution in [3.63, 3.8) is 0 Å². The maximum absolute atomic E-state index is 12.6. The number of fused-ring (bicyclic) bond motifs is 1. The van der Waals surface area contributed by atoms with Crippen molar-refractivity contribution >= 4 is 17.8 Å². The number of nitrogens with two attached hydrogens (primary N) is 1. The standard InChI is InChI=1S/C22H34N6O3/c1-13-10-25-27(5)19(13)17(23)6-7-18(24)26-20(29)14-8-15-11-28(12-16(15)9-14)21(30)31-22(2,3)4/h6-7,10,14-16,25H,8-9,11-12,23H2,1-5H3,(H2,24,26,29). The molecule has 0 aromatic carbocycles. The number of allylic oxidation sites excluding steroid dienone is 2. The molecule has 3 aliphatic rings. The van der Waals surface area contributed by atoms with Gasteiger partial charge >= 0.3 is 6.09 Å². The van der Waals surface area contributed by atoms with Crippen LogP contribution in [-0.4, -0.2) is 53.5 Å². The summed E-state index contributed by atoms with van der Waals surface area (Å²) in [6.45, 7) is 8.77. The molecule has 2 amide bonds. The predicted molar refractivity (Wildman–Crippen MR) is 118 cm³/mol. The first-order chi connectivity index (χ1) is 14.4. The number of rotatable bonds is 3. The number of likely N-dealkylation sites (tertiary alicyclic amines) is 1. The molecule has 1 saturated heterocycles. The number of amidine groups is 1. The van der Waals surface area contributed by atoms with Gasteiger partial charge in [-0.15, -0.1) is 0 Å². The van der Waals surface area contributed by atoms with Crippen LogP contribution in [0.3, 0.4) is 0 Å². The van der Waals surface area contributed by atoms with Crippen molar-refractivity contribution in [3.05, 3.63) is 35.3 Å². The Morgan fingerprint density at radius 3 is 2.39 bits per heavy atom. The van der Waals surface area contributed by atoms with Gasteiger partial charge in [-0.05, 0) is 70.1 Å². The first-order valence-electron chi connectivity index (χ1n) is 10.7. The average molecular weight is 431 g/mol. The second-order valence-electron chi connectivity index (χ2n) is 9.63. The number of likely N-dealkylation sites (N-methyl/N-ethyl adjacent to an activating group) is 1. The molecule has 2 aliphatic heterocycles. The third kappa shape index (κ3) is 5.39. The minimum absolute atomic E-state index is 0.0104. The van der Waals surface area contributed by atoms with E-state index in [0.29, 0.717) is 30.6 Å². The predicted octanol–water partition coefficient (Wildman–Crippen LogP) is 2.05. The van der Waals surface area contributed by atoms with Crippen LogP contribution in [0.1, 0.15) is 40.5 Å². The van der Waals surface area contributed by atoms with Crippen LogP contribution in [0.2, 0.25) is 0 Å². The molecule has 170 valence electrons. The van der Waals surface area contributed by atoms with Gasteiger partial charge in [0.1, 0.15) is 11.4 Å². The van der Waals surface area contributed by atoms with Gasteiger partial charge in [0, 0.05) is 32.3 Å². The largest absolute Gasteiger partial charge is 0.444 e. The summed E-state index contributed by atoms with van der Waals surface area (Å²) in [6, 6.07) is 0. The summed E-state index contributed by atoms with van der Waals surface area (Å²) in [5, 5.41) is 12.5. The summed E-state index contributed by atoms with van der Waals surface area (Å²) in [6.07, 6.45) is 6.14. The van der Waals surface area contributed by atoms with Gasteiger partial charge in [-0.3, -0.25) is 15.2 Å². The molecule has 0 aromatic heterocycles. The number of carbonyl (C=O) groups excluding carboxylic acids is 2. The van der Waals surface area contributed by atoms with Crippen LogP contribution < -0.4 is 16.5 Å². The molecule has 1 saturated carbocycles.